The Morgan fingerprint density at radius 1 is 1.11 bits per heavy atom. The number of ether oxygens (including phenoxy) is 1. The number of rotatable bonds is 8. The zero-order chi connectivity index (χ0) is 20.5. The lowest BCUT2D eigenvalue weighted by atomic mass is 10.0. The number of benzene rings is 2. The molecule has 28 heavy (non-hydrogen) atoms. The van der Waals surface area contributed by atoms with Gasteiger partial charge in [-0.3, -0.25) is 0 Å². The molecule has 0 atom stereocenters. The average Bonchev–Trinajstić information content (AvgIpc) is 2.74. The molecule has 2 rings (SSSR count). The normalized spacial score (nSPS) is 11.2. The Balaban J connectivity index is 2.14. The molecule has 0 amide bonds. The van der Waals surface area contributed by atoms with Crippen molar-refractivity contribution in [2.24, 2.45) is 0 Å². The van der Waals surface area contributed by atoms with Crippen LogP contribution >= 0.6 is 0 Å². The van der Waals surface area contributed by atoms with Crippen molar-refractivity contribution in [3.63, 3.8) is 0 Å². The SMILES string of the molecule is C=Cc1ccc(COC(=O)/C(C#N)=C(\C)c2ccc(N(CC)CC)cc2)cc1. The molecule has 4 nitrogen and oxygen atoms in total. The van der Waals surface area contributed by atoms with E-state index in [0.717, 1.165) is 35.5 Å². The van der Waals surface area contributed by atoms with Crippen LogP contribution in [-0.4, -0.2) is 19.1 Å². The first kappa shape index (κ1) is 21.0. The quantitative estimate of drug-likeness (QED) is 0.361. The van der Waals surface area contributed by atoms with E-state index in [2.05, 4.69) is 25.3 Å². The van der Waals surface area contributed by atoms with Gasteiger partial charge in [0, 0.05) is 18.8 Å². The van der Waals surface area contributed by atoms with Gasteiger partial charge in [0.05, 0.1) is 0 Å². The van der Waals surface area contributed by atoms with Gasteiger partial charge in [0.1, 0.15) is 18.2 Å². The molecule has 2 aromatic rings. The van der Waals surface area contributed by atoms with Crippen molar-refractivity contribution in [3.8, 4) is 6.07 Å². The summed E-state index contributed by atoms with van der Waals surface area (Å²) in [4.78, 5) is 14.7. The van der Waals surface area contributed by atoms with Gasteiger partial charge in [0.15, 0.2) is 0 Å². The number of esters is 1. The predicted octanol–water partition coefficient (Wildman–Crippen LogP) is 5.22. The highest BCUT2D eigenvalue weighted by atomic mass is 16.5. The number of nitrogens with zero attached hydrogens (tertiary/aromatic N) is 2. The van der Waals surface area contributed by atoms with E-state index in [1.54, 1.807) is 13.0 Å². The number of hydrogen-bond donors (Lipinski definition) is 0. The maximum absolute atomic E-state index is 12.4. The van der Waals surface area contributed by atoms with Crippen LogP contribution in [0, 0.1) is 11.3 Å². The minimum atomic E-state index is -0.611. The minimum Gasteiger partial charge on any atom is -0.457 e. The second kappa shape index (κ2) is 10.1. The lowest BCUT2D eigenvalue weighted by Gasteiger charge is -2.21. The molecule has 0 N–H and O–H groups in total. The van der Waals surface area contributed by atoms with Crippen LogP contribution in [0.15, 0.2) is 60.7 Å². The van der Waals surface area contributed by atoms with Crippen molar-refractivity contribution in [1.29, 1.82) is 5.26 Å². The predicted molar refractivity (Wildman–Crippen MR) is 115 cm³/mol. The van der Waals surface area contributed by atoms with Gasteiger partial charge >= 0.3 is 5.97 Å². The molecule has 0 aliphatic rings. The third-order valence-corrected chi connectivity index (χ3v) is 4.71. The minimum absolute atomic E-state index is 0.0262. The van der Waals surface area contributed by atoms with Crippen LogP contribution in [0.2, 0.25) is 0 Å². The van der Waals surface area contributed by atoms with E-state index in [4.69, 9.17) is 4.74 Å². The van der Waals surface area contributed by atoms with Crippen LogP contribution in [0.25, 0.3) is 11.6 Å². The summed E-state index contributed by atoms with van der Waals surface area (Å²) in [6.07, 6.45) is 1.75. The number of carbonyl (C=O) groups is 1. The van der Waals surface area contributed by atoms with Crippen LogP contribution < -0.4 is 4.90 Å². The largest absolute Gasteiger partial charge is 0.457 e. The highest BCUT2D eigenvalue weighted by molar-refractivity contribution is 6.01. The van der Waals surface area contributed by atoms with Gasteiger partial charge < -0.3 is 9.64 Å². The first-order valence-corrected chi connectivity index (χ1v) is 9.38. The molecule has 0 bridgehead atoms. The topological polar surface area (TPSA) is 53.3 Å². The van der Waals surface area contributed by atoms with Gasteiger partial charge in [0.2, 0.25) is 0 Å². The lowest BCUT2D eigenvalue weighted by Crippen LogP contribution is -2.21. The van der Waals surface area contributed by atoms with Gasteiger partial charge in [-0.2, -0.15) is 5.26 Å². The highest BCUT2D eigenvalue weighted by Gasteiger charge is 2.16. The summed E-state index contributed by atoms with van der Waals surface area (Å²) in [5.41, 5.74) is 4.44. The number of carbonyl (C=O) groups excluding carboxylic acids is 1. The third-order valence-electron chi connectivity index (χ3n) is 4.71. The van der Waals surface area contributed by atoms with Gasteiger partial charge in [0.25, 0.3) is 0 Å². The van der Waals surface area contributed by atoms with Crippen LogP contribution in [0.5, 0.6) is 0 Å². The first-order valence-electron chi connectivity index (χ1n) is 9.38. The molecule has 0 spiro atoms. The van der Waals surface area contributed by atoms with Crippen molar-refractivity contribution in [1.82, 2.24) is 0 Å². The molecule has 0 aliphatic heterocycles. The summed E-state index contributed by atoms with van der Waals surface area (Å²) in [5, 5.41) is 9.48. The van der Waals surface area contributed by atoms with Gasteiger partial charge in [-0.1, -0.05) is 49.1 Å². The Morgan fingerprint density at radius 3 is 2.21 bits per heavy atom. The zero-order valence-electron chi connectivity index (χ0n) is 16.7. The number of hydrogen-bond acceptors (Lipinski definition) is 4. The van der Waals surface area contributed by atoms with E-state index in [1.165, 1.54) is 0 Å². The van der Waals surface area contributed by atoms with Crippen LogP contribution in [-0.2, 0) is 16.1 Å². The summed E-state index contributed by atoms with van der Waals surface area (Å²) in [6, 6.07) is 17.4. The summed E-state index contributed by atoms with van der Waals surface area (Å²) in [5.74, 6) is -0.611. The smallest absolute Gasteiger partial charge is 0.349 e. The van der Waals surface area contributed by atoms with Gasteiger partial charge in [-0.25, -0.2) is 4.79 Å². The van der Waals surface area contributed by atoms with Crippen LogP contribution in [0.3, 0.4) is 0 Å². The third kappa shape index (κ3) is 5.11. The van der Waals surface area contributed by atoms with E-state index in [0.29, 0.717) is 5.57 Å². The molecule has 144 valence electrons. The summed E-state index contributed by atoms with van der Waals surface area (Å²) in [7, 11) is 0. The zero-order valence-corrected chi connectivity index (χ0v) is 16.7. The molecule has 0 fully saturated rings. The molecule has 0 heterocycles. The Labute approximate surface area is 167 Å². The molecule has 0 radical (unpaired) electrons. The van der Waals surface area contributed by atoms with E-state index in [9.17, 15) is 10.1 Å². The maximum Gasteiger partial charge on any atom is 0.349 e. The van der Waals surface area contributed by atoms with Crippen LogP contribution in [0.4, 0.5) is 5.69 Å². The Hall–Kier alpha value is -3.32. The molecule has 4 heteroatoms. The monoisotopic (exact) mass is 374 g/mol. The Kier molecular flexibility index (Phi) is 7.59. The van der Waals surface area contributed by atoms with Crippen molar-refractivity contribution in [3.05, 3.63) is 77.4 Å². The highest BCUT2D eigenvalue weighted by Crippen LogP contribution is 2.23. The van der Waals surface area contributed by atoms with Gasteiger partial charge in [-0.05, 0) is 55.2 Å². The van der Waals surface area contributed by atoms with Crippen LogP contribution in [0.1, 0.15) is 37.5 Å². The average molecular weight is 374 g/mol. The number of anilines is 1. The Bertz CT molecular complexity index is 884. The second-order valence-corrected chi connectivity index (χ2v) is 6.35. The summed E-state index contributed by atoms with van der Waals surface area (Å²) in [6.45, 7) is 11.7. The van der Waals surface area contributed by atoms with Crippen molar-refractivity contribution in [2.75, 3.05) is 18.0 Å². The molecule has 0 saturated carbocycles. The van der Waals surface area contributed by atoms with E-state index < -0.39 is 5.97 Å². The number of allylic oxidation sites excluding steroid dienone is 1. The molecule has 0 aromatic heterocycles. The number of nitriles is 1. The fourth-order valence-corrected chi connectivity index (χ4v) is 2.91. The fourth-order valence-electron chi connectivity index (χ4n) is 2.91. The molecule has 0 aliphatic carbocycles. The van der Waals surface area contributed by atoms with E-state index >= 15 is 0 Å². The summed E-state index contributed by atoms with van der Waals surface area (Å²) >= 11 is 0. The van der Waals surface area contributed by atoms with Crippen molar-refractivity contribution in [2.45, 2.75) is 27.4 Å². The molecular formula is C24H26N2O2. The molecule has 2 aromatic carbocycles. The van der Waals surface area contributed by atoms with Crippen molar-refractivity contribution < 1.29 is 9.53 Å². The lowest BCUT2D eigenvalue weighted by molar-refractivity contribution is -0.139. The summed E-state index contributed by atoms with van der Waals surface area (Å²) < 4.78 is 5.34. The second-order valence-electron chi connectivity index (χ2n) is 6.35. The van der Waals surface area contributed by atoms with E-state index in [1.807, 2.05) is 54.6 Å². The first-order chi connectivity index (χ1) is 13.5. The molecule has 0 saturated heterocycles. The van der Waals surface area contributed by atoms with Crippen molar-refractivity contribution >= 4 is 23.3 Å². The molecule has 0 unspecified atom stereocenters. The standard InChI is InChI=1S/C24H26N2O2/c1-5-19-8-10-20(11-9-19)17-28-24(27)23(16-25)18(4)21-12-14-22(15-13-21)26(6-2)7-3/h5,8-15H,1,6-7,17H2,2-4H3/b23-18+. The van der Waals surface area contributed by atoms with E-state index in [-0.39, 0.29) is 12.2 Å². The Morgan fingerprint density at radius 2 is 1.71 bits per heavy atom. The maximum atomic E-state index is 12.4. The fraction of sp³-hybridized carbons (Fsp3) is 0.250. The van der Waals surface area contributed by atoms with Gasteiger partial charge in [-0.15, -0.1) is 0 Å². The molecular weight excluding hydrogens is 348 g/mol.